The number of benzene rings is 2. The second-order valence-corrected chi connectivity index (χ2v) is 6.79. The Morgan fingerprint density at radius 3 is 2.70 bits per heavy atom. The summed E-state index contributed by atoms with van der Waals surface area (Å²) in [4.78, 5) is 15.9. The van der Waals surface area contributed by atoms with E-state index in [1.165, 1.54) is 10.9 Å². The van der Waals surface area contributed by atoms with Gasteiger partial charge in [-0.15, -0.1) is 0 Å². The monoisotopic (exact) mass is 361 g/mol. The van der Waals surface area contributed by atoms with Gasteiger partial charge in [0.2, 0.25) is 0 Å². The van der Waals surface area contributed by atoms with Gasteiger partial charge in [-0.2, -0.15) is 5.26 Å². The molecular weight excluding hydrogens is 338 g/mol. The summed E-state index contributed by atoms with van der Waals surface area (Å²) in [6.45, 7) is 4.38. The van der Waals surface area contributed by atoms with Gasteiger partial charge in [0.1, 0.15) is 11.8 Å². The van der Waals surface area contributed by atoms with Crippen molar-refractivity contribution < 1.29 is 9.53 Å². The zero-order valence-electron chi connectivity index (χ0n) is 15.5. The molecule has 2 aromatic carbocycles. The van der Waals surface area contributed by atoms with Gasteiger partial charge in [-0.3, -0.25) is 4.79 Å². The van der Waals surface area contributed by atoms with Crippen molar-refractivity contribution >= 4 is 16.8 Å². The number of aromatic amines is 1. The molecule has 1 atom stereocenters. The Morgan fingerprint density at radius 2 is 1.93 bits per heavy atom. The Balaban J connectivity index is 1.63. The summed E-state index contributed by atoms with van der Waals surface area (Å²) in [7, 11) is 0. The molecule has 0 saturated heterocycles. The van der Waals surface area contributed by atoms with Crippen molar-refractivity contribution in [2.75, 3.05) is 6.54 Å². The summed E-state index contributed by atoms with van der Waals surface area (Å²) >= 11 is 0. The van der Waals surface area contributed by atoms with Gasteiger partial charge < -0.3 is 15.0 Å². The molecule has 2 N–H and O–H groups in total. The van der Waals surface area contributed by atoms with Crippen molar-refractivity contribution in [3.63, 3.8) is 0 Å². The first-order chi connectivity index (χ1) is 13.1. The fourth-order valence-corrected chi connectivity index (χ4v) is 3.05. The number of carbonyl (C=O) groups excluding carboxylic acids is 1. The maximum Gasteiger partial charge on any atom is 0.261 e. The average molecular weight is 361 g/mol. The molecule has 0 radical (unpaired) electrons. The molecule has 0 spiro atoms. The van der Waals surface area contributed by atoms with Crippen LogP contribution in [0.5, 0.6) is 5.75 Å². The van der Waals surface area contributed by atoms with Gasteiger partial charge in [-0.1, -0.05) is 44.2 Å². The van der Waals surface area contributed by atoms with Crippen molar-refractivity contribution in [2.24, 2.45) is 5.92 Å². The molecule has 0 bridgehead atoms. The Kier molecular flexibility index (Phi) is 5.77. The van der Waals surface area contributed by atoms with Crippen molar-refractivity contribution in [3.05, 3.63) is 65.9 Å². The van der Waals surface area contributed by atoms with Crippen LogP contribution in [-0.2, 0) is 11.2 Å². The zero-order chi connectivity index (χ0) is 19.2. The lowest BCUT2D eigenvalue weighted by Gasteiger charge is -2.22. The number of ether oxygens (including phenoxy) is 1. The number of aromatic nitrogens is 1. The van der Waals surface area contributed by atoms with Gasteiger partial charge in [0, 0.05) is 23.6 Å². The third kappa shape index (κ3) is 4.29. The standard InChI is InChI=1S/C22H23N3O2/c1-15(2)21(27-20-10-6-3-7-16(20)13-23)22(26)24-12-11-17-14-25-19-9-5-4-8-18(17)19/h3-10,14-15,21,25H,11-12H2,1-2H3,(H,24,26). The van der Waals surface area contributed by atoms with E-state index in [-0.39, 0.29) is 11.8 Å². The first-order valence-electron chi connectivity index (χ1n) is 9.08. The Labute approximate surface area is 159 Å². The summed E-state index contributed by atoms with van der Waals surface area (Å²) in [5.41, 5.74) is 2.69. The number of nitrogens with one attached hydrogen (secondary N) is 2. The van der Waals surface area contributed by atoms with Crippen molar-refractivity contribution in [2.45, 2.75) is 26.4 Å². The highest BCUT2D eigenvalue weighted by molar-refractivity contribution is 5.83. The molecule has 0 aliphatic rings. The van der Waals surface area contributed by atoms with Crippen LogP contribution >= 0.6 is 0 Å². The largest absolute Gasteiger partial charge is 0.479 e. The molecule has 27 heavy (non-hydrogen) atoms. The van der Waals surface area contributed by atoms with Gasteiger partial charge in [0.15, 0.2) is 6.10 Å². The maximum atomic E-state index is 12.7. The lowest BCUT2D eigenvalue weighted by atomic mass is 10.1. The molecule has 1 aromatic heterocycles. The Morgan fingerprint density at radius 1 is 1.19 bits per heavy atom. The van der Waals surface area contributed by atoms with E-state index in [0.717, 1.165) is 11.9 Å². The summed E-state index contributed by atoms with van der Waals surface area (Å²) in [5.74, 6) is 0.243. The minimum atomic E-state index is -0.650. The van der Waals surface area contributed by atoms with Crippen LogP contribution in [0.1, 0.15) is 25.0 Å². The molecule has 0 aliphatic carbocycles. The van der Waals surface area contributed by atoms with Gasteiger partial charge in [0.25, 0.3) is 5.91 Å². The Hall–Kier alpha value is -3.26. The predicted octanol–water partition coefficient (Wildman–Crippen LogP) is 3.80. The molecule has 5 nitrogen and oxygen atoms in total. The molecule has 1 amide bonds. The number of rotatable bonds is 7. The number of hydrogen-bond donors (Lipinski definition) is 2. The van der Waals surface area contributed by atoms with Crippen LogP contribution in [-0.4, -0.2) is 23.5 Å². The highest BCUT2D eigenvalue weighted by Crippen LogP contribution is 2.21. The summed E-state index contributed by atoms with van der Waals surface area (Å²) in [6, 6.07) is 17.2. The quantitative estimate of drug-likeness (QED) is 0.672. The van der Waals surface area contributed by atoms with Crippen LogP contribution < -0.4 is 10.1 Å². The van der Waals surface area contributed by atoms with Gasteiger partial charge >= 0.3 is 0 Å². The smallest absolute Gasteiger partial charge is 0.261 e. The summed E-state index contributed by atoms with van der Waals surface area (Å²) < 4.78 is 5.88. The van der Waals surface area contributed by atoms with Crippen LogP contribution in [0.25, 0.3) is 10.9 Å². The van der Waals surface area contributed by atoms with E-state index in [1.807, 2.05) is 38.2 Å². The number of nitriles is 1. The van der Waals surface area contributed by atoms with E-state index in [4.69, 9.17) is 4.74 Å². The van der Waals surface area contributed by atoms with Gasteiger partial charge in [-0.25, -0.2) is 0 Å². The molecule has 1 heterocycles. The third-order valence-corrected chi connectivity index (χ3v) is 4.49. The molecule has 1 unspecified atom stereocenters. The van der Waals surface area contributed by atoms with E-state index < -0.39 is 6.10 Å². The van der Waals surface area contributed by atoms with Gasteiger partial charge in [0.05, 0.1) is 5.56 Å². The van der Waals surface area contributed by atoms with E-state index in [9.17, 15) is 10.1 Å². The third-order valence-electron chi connectivity index (χ3n) is 4.49. The number of para-hydroxylation sites is 2. The zero-order valence-corrected chi connectivity index (χ0v) is 15.5. The van der Waals surface area contributed by atoms with Crippen molar-refractivity contribution in [1.82, 2.24) is 10.3 Å². The number of fused-ring (bicyclic) bond motifs is 1. The van der Waals surface area contributed by atoms with Crippen molar-refractivity contribution in [1.29, 1.82) is 5.26 Å². The lowest BCUT2D eigenvalue weighted by molar-refractivity contribution is -0.129. The second kappa shape index (κ2) is 8.41. The minimum absolute atomic E-state index is 0.0233. The molecule has 3 rings (SSSR count). The van der Waals surface area contributed by atoms with Crippen molar-refractivity contribution in [3.8, 4) is 11.8 Å². The molecule has 0 aliphatic heterocycles. The number of H-pyrrole nitrogens is 1. The summed E-state index contributed by atoms with van der Waals surface area (Å²) in [6.07, 6.45) is 2.06. The first-order valence-corrected chi connectivity index (χ1v) is 9.08. The highest BCUT2D eigenvalue weighted by Gasteiger charge is 2.25. The molecule has 0 fully saturated rings. The maximum absolute atomic E-state index is 12.7. The van der Waals surface area contributed by atoms with Gasteiger partial charge in [-0.05, 0) is 36.1 Å². The molecule has 138 valence electrons. The number of carbonyl (C=O) groups is 1. The van der Waals surface area contributed by atoms with E-state index >= 15 is 0 Å². The first kappa shape index (κ1) is 18.5. The van der Waals surface area contributed by atoms with Crippen LogP contribution in [0.15, 0.2) is 54.7 Å². The molecule has 3 aromatic rings. The van der Waals surface area contributed by atoms with E-state index in [2.05, 4.69) is 22.4 Å². The average Bonchev–Trinajstić information content (AvgIpc) is 3.09. The summed E-state index contributed by atoms with van der Waals surface area (Å²) in [5, 5.41) is 13.3. The van der Waals surface area contributed by atoms with Crippen LogP contribution in [0, 0.1) is 17.2 Å². The minimum Gasteiger partial charge on any atom is -0.479 e. The fraction of sp³-hybridized carbons (Fsp3) is 0.273. The SMILES string of the molecule is CC(C)C(Oc1ccccc1C#N)C(=O)NCCc1c[nH]c2ccccc12. The van der Waals surface area contributed by atoms with Crippen LogP contribution in [0.3, 0.4) is 0 Å². The molecule has 0 saturated carbocycles. The normalized spacial score (nSPS) is 11.9. The highest BCUT2D eigenvalue weighted by atomic mass is 16.5. The van der Waals surface area contributed by atoms with Crippen LogP contribution in [0.4, 0.5) is 0 Å². The second-order valence-electron chi connectivity index (χ2n) is 6.79. The van der Waals surface area contributed by atoms with E-state index in [0.29, 0.717) is 17.9 Å². The lowest BCUT2D eigenvalue weighted by Crippen LogP contribution is -2.42. The van der Waals surface area contributed by atoms with E-state index in [1.54, 1.807) is 24.3 Å². The fourth-order valence-electron chi connectivity index (χ4n) is 3.05. The molecular formula is C22H23N3O2. The predicted molar refractivity (Wildman–Crippen MR) is 105 cm³/mol. The number of hydrogen-bond acceptors (Lipinski definition) is 3. The van der Waals surface area contributed by atoms with Crippen LogP contribution in [0.2, 0.25) is 0 Å². The molecule has 5 heteroatoms. The topological polar surface area (TPSA) is 77.9 Å². The number of amides is 1. The Bertz CT molecular complexity index is 969. The number of nitrogens with zero attached hydrogens (tertiary/aromatic N) is 1.